The predicted octanol–water partition coefficient (Wildman–Crippen LogP) is 1.03. The molecule has 0 saturated heterocycles. The van der Waals surface area contributed by atoms with Crippen LogP contribution in [-0.2, 0) is 20.0 Å². The fraction of sp³-hybridized carbons (Fsp3) is 0.111. The van der Waals surface area contributed by atoms with Gasteiger partial charge in [0.05, 0.1) is 23.9 Å². The summed E-state index contributed by atoms with van der Waals surface area (Å²) in [6.07, 6.45) is 5.90. The van der Waals surface area contributed by atoms with Crippen molar-refractivity contribution in [2.75, 3.05) is 20.9 Å². The van der Waals surface area contributed by atoms with E-state index in [1.54, 1.807) is 48.8 Å². The van der Waals surface area contributed by atoms with Crippen LogP contribution in [-0.4, -0.2) is 57.9 Å². The van der Waals surface area contributed by atoms with Crippen molar-refractivity contribution in [3.63, 3.8) is 0 Å². The van der Waals surface area contributed by atoms with Gasteiger partial charge in [-0.15, -0.1) is 0 Å². The number of nitrogens with one attached hydrogen (secondary N) is 2. The van der Waals surface area contributed by atoms with Crippen molar-refractivity contribution < 1.29 is 16.8 Å². The molecule has 0 saturated carbocycles. The summed E-state index contributed by atoms with van der Waals surface area (Å²) in [6, 6.07) is 13.1. The third-order valence-electron chi connectivity index (χ3n) is 4.16. The summed E-state index contributed by atoms with van der Waals surface area (Å²) in [7, 11) is -8.00. The molecule has 0 atom stereocenters. The van der Waals surface area contributed by atoms with Crippen LogP contribution in [0.1, 0.15) is 0 Å². The molecule has 166 valence electrons. The second-order valence-corrected chi connectivity index (χ2v) is 10.2. The van der Waals surface area contributed by atoms with Gasteiger partial charge >= 0.3 is 0 Å². The molecule has 0 amide bonds. The van der Waals surface area contributed by atoms with Crippen LogP contribution in [0, 0.1) is 0 Å². The molecule has 4 rings (SSSR count). The van der Waals surface area contributed by atoms with Crippen molar-refractivity contribution in [1.82, 2.24) is 29.5 Å². The number of aromatic nitrogens is 6. The van der Waals surface area contributed by atoms with Crippen LogP contribution in [0.15, 0.2) is 73.3 Å². The Morgan fingerprint density at radius 1 is 0.625 bits per heavy atom. The van der Waals surface area contributed by atoms with Crippen LogP contribution in [0.4, 0.5) is 11.6 Å². The lowest BCUT2D eigenvalue weighted by molar-refractivity contribution is 0.592. The van der Waals surface area contributed by atoms with Gasteiger partial charge in [0.2, 0.25) is 20.0 Å². The van der Waals surface area contributed by atoms with Gasteiger partial charge < -0.3 is 0 Å². The maximum Gasteiger partial charge on any atom is 0.234 e. The second kappa shape index (κ2) is 8.76. The second-order valence-electron chi connectivity index (χ2n) is 6.47. The van der Waals surface area contributed by atoms with E-state index >= 15 is 0 Å². The van der Waals surface area contributed by atoms with Gasteiger partial charge in [0.25, 0.3) is 0 Å². The van der Waals surface area contributed by atoms with Gasteiger partial charge in [-0.1, -0.05) is 12.1 Å². The number of hydrogen-bond donors (Lipinski definition) is 2. The van der Waals surface area contributed by atoms with Gasteiger partial charge in [-0.3, -0.25) is 9.44 Å². The molecule has 0 spiro atoms. The number of nitrogens with zero attached hydrogens (tertiary/aromatic N) is 6. The molecule has 0 radical (unpaired) electrons. The average Bonchev–Trinajstić information content (AvgIpc) is 3.43. The summed E-state index contributed by atoms with van der Waals surface area (Å²) in [5, 5.41) is 8.10. The Labute approximate surface area is 184 Å². The minimum atomic E-state index is -4.00. The molecular formula is C18H18N8O4S2. The fourth-order valence-corrected chi connectivity index (χ4v) is 5.63. The maximum atomic E-state index is 12.5. The number of rotatable bonds is 9. The first-order valence-electron chi connectivity index (χ1n) is 9.25. The van der Waals surface area contributed by atoms with Crippen LogP contribution < -0.4 is 9.44 Å². The Kier molecular flexibility index (Phi) is 5.87. The van der Waals surface area contributed by atoms with Crippen LogP contribution in [0.25, 0.3) is 11.6 Å². The smallest absolute Gasteiger partial charge is 0.234 e. The number of hydrogen-bond acceptors (Lipinski definition) is 8. The molecule has 0 aromatic carbocycles. The molecule has 0 aliphatic heterocycles. The van der Waals surface area contributed by atoms with Crippen molar-refractivity contribution >= 4 is 31.7 Å². The number of pyridine rings is 2. The summed E-state index contributed by atoms with van der Waals surface area (Å²) < 4.78 is 57.4. The van der Waals surface area contributed by atoms with Crippen molar-refractivity contribution in [3.05, 3.63) is 73.3 Å². The Balaban J connectivity index is 1.44. The first-order chi connectivity index (χ1) is 15.3. The lowest BCUT2D eigenvalue weighted by atomic mass is 10.5. The third-order valence-corrected chi connectivity index (χ3v) is 6.94. The average molecular weight is 475 g/mol. The monoisotopic (exact) mass is 474 g/mol. The van der Waals surface area contributed by atoms with E-state index in [-0.39, 0.29) is 11.6 Å². The van der Waals surface area contributed by atoms with E-state index in [2.05, 4.69) is 29.6 Å². The summed E-state index contributed by atoms with van der Waals surface area (Å²) >= 11 is 0. The Bertz CT molecular complexity index is 1290. The van der Waals surface area contributed by atoms with Crippen LogP contribution >= 0.6 is 0 Å². The molecule has 0 unspecified atom stereocenters. The largest absolute Gasteiger partial charge is 0.267 e. The zero-order chi connectivity index (χ0) is 22.6. The van der Waals surface area contributed by atoms with Gasteiger partial charge in [-0.05, 0) is 24.3 Å². The molecule has 0 bridgehead atoms. The lowest BCUT2D eigenvalue weighted by Gasteiger charge is -2.12. The SMILES string of the molecule is O=S(=O)(CCS(=O)(=O)Nc1ccnn1-c1ccccn1)Nc1ccnn1-c1ccccn1. The quantitative estimate of drug-likeness (QED) is 0.365. The Morgan fingerprint density at radius 3 is 1.44 bits per heavy atom. The van der Waals surface area contributed by atoms with E-state index in [4.69, 9.17) is 0 Å². The first kappa shape index (κ1) is 21.5. The van der Waals surface area contributed by atoms with E-state index in [9.17, 15) is 16.8 Å². The number of sulfonamides is 2. The molecule has 2 N–H and O–H groups in total. The van der Waals surface area contributed by atoms with Crippen molar-refractivity contribution in [1.29, 1.82) is 0 Å². The van der Waals surface area contributed by atoms with E-state index in [1.807, 2.05) is 0 Å². The molecule has 0 fully saturated rings. The number of anilines is 2. The molecule has 0 aliphatic carbocycles. The van der Waals surface area contributed by atoms with Crippen molar-refractivity contribution in [2.45, 2.75) is 0 Å². The van der Waals surface area contributed by atoms with Crippen LogP contribution in [0.3, 0.4) is 0 Å². The van der Waals surface area contributed by atoms with Gasteiger partial charge in [0, 0.05) is 24.5 Å². The van der Waals surface area contributed by atoms with Gasteiger partial charge in [0.1, 0.15) is 11.6 Å². The molecular weight excluding hydrogens is 456 g/mol. The highest BCUT2D eigenvalue weighted by atomic mass is 32.2. The van der Waals surface area contributed by atoms with E-state index in [0.29, 0.717) is 11.6 Å². The summed E-state index contributed by atoms with van der Waals surface area (Å²) in [5.74, 6) is -0.245. The molecule has 4 aromatic rings. The van der Waals surface area contributed by atoms with Crippen molar-refractivity contribution in [2.24, 2.45) is 0 Å². The van der Waals surface area contributed by atoms with E-state index in [0.717, 1.165) is 0 Å². The maximum absolute atomic E-state index is 12.5. The highest BCUT2D eigenvalue weighted by Gasteiger charge is 2.21. The van der Waals surface area contributed by atoms with Crippen molar-refractivity contribution in [3.8, 4) is 11.6 Å². The first-order valence-corrected chi connectivity index (χ1v) is 12.6. The zero-order valence-corrected chi connectivity index (χ0v) is 18.1. The molecule has 0 aliphatic rings. The van der Waals surface area contributed by atoms with Gasteiger partial charge in [0.15, 0.2) is 11.6 Å². The fourth-order valence-electron chi connectivity index (χ4n) is 2.72. The predicted molar refractivity (Wildman–Crippen MR) is 118 cm³/mol. The zero-order valence-electron chi connectivity index (χ0n) is 16.5. The highest BCUT2D eigenvalue weighted by Crippen LogP contribution is 2.16. The summed E-state index contributed by atoms with van der Waals surface area (Å²) in [6.45, 7) is 0. The molecule has 14 heteroatoms. The Morgan fingerprint density at radius 2 is 1.06 bits per heavy atom. The summed E-state index contributed by atoms with van der Waals surface area (Å²) in [5.41, 5.74) is 0. The summed E-state index contributed by atoms with van der Waals surface area (Å²) in [4.78, 5) is 8.24. The highest BCUT2D eigenvalue weighted by molar-refractivity contribution is 7.96. The van der Waals surface area contributed by atoms with Gasteiger partial charge in [-0.25, -0.2) is 26.8 Å². The standard InChI is InChI=1S/C18H18N8O4S2/c27-31(28,23-17-7-11-21-25(17)15-5-1-3-9-19-15)13-14-32(29,30)24-18-8-12-22-26(18)16-6-2-4-10-20-16/h1-12,23-24H,13-14H2. The minimum Gasteiger partial charge on any atom is -0.267 e. The lowest BCUT2D eigenvalue weighted by Crippen LogP contribution is -2.27. The van der Waals surface area contributed by atoms with E-state index < -0.39 is 31.6 Å². The molecule has 32 heavy (non-hydrogen) atoms. The topological polar surface area (TPSA) is 154 Å². The van der Waals surface area contributed by atoms with Gasteiger partial charge in [-0.2, -0.15) is 19.6 Å². The Hall–Kier alpha value is -3.78. The molecule has 12 nitrogen and oxygen atoms in total. The molecule has 4 aromatic heterocycles. The van der Waals surface area contributed by atoms with E-state index in [1.165, 1.54) is 33.9 Å². The third kappa shape index (κ3) is 5.09. The molecule has 4 heterocycles. The van der Waals surface area contributed by atoms with Crippen LogP contribution in [0.2, 0.25) is 0 Å². The normalized spacial score (nSPS) is 11.9. The van der Waals surface area contributed by atoms with Crippen LogP contribution in [0.5, 0.6) is 0 Å². The minimum absolute atomic E-state index is 0.141.